The van der Waals surface area contributed by atoms with E-state index in [1.165, 1.54) is 0 Å². The van der Waals surface area contributed by atoms with Gasteiger partial charge in [0.05, 0.1) is 0 Å². The standard InChI is InChI=1S/C14H21NO3/c1-3-13(14(17)15-9-11(2)10-16)18-12-7-5-4-6-8-12/h4-8,11,13,16H,3,9-10H2,1-2H3,(H,15,17). The molecule has 4 heteroatoms. The second-order valence-corrected chi connectivity index (χ2v) is 4.36. The highest BCUT2D eigenvalue weighted by molar-refractivity contribution is 5.81. The lowest BCUT2D eigenvalue weighted by Crippen LogP contribution is -2.40. The van der Waals surface area contributed by atoms with E-state index in [0.717, 1.165) is 0 Å². The molecule has 0 heterocycles. The number of aliphatic hydroxyl groups is 1. The number of carbonyl (C=O) groups is 1. The summed E-state index contributed by atoms with van der Waals surface area (Å²) in [7, 11) is 0. The van der Waals surface area contributed by atoms with Crippen molar-refractivity contribution in [2.24, 2.45) is 5.92 Å². The molecular formula is C14H21NO3. The maximum absolute atomic E-state index is 11.9. The van der Waals surface area contributed by atoms with Gasteiger partial charge in [0, 0.05) is 13.2 Å². The summed E-state index contributed by atoms with van der Waals surface area (Å²) < 4.78 is 5.62. The first kappa shape index (κ1) is 14.5. The van der Waals surface area contributed by atoms with Crippen molar-refractivity contribution >= 4 is 5.91 Å². The lowest BCUT2D eigenvalue weighted by atomic mass is 10.2. The van der Waals surface area contributed by atoms with Crippen LogP contribution in [0, 0.1) is 5.92 Å². The van der Waals surface area contributed by atoms with Crippen molar-refractivity contribution in [1.82, 2.24) is 5.32 Å². The van der Waals surface area contributed by atoms with E-state index in [4.69, 9.17) is 9.84 Å². The number of ether oxygens (including phenoxy) is 1. The number of hydrogen-bond acceptors (Lipinski definition) is 3. The molecule has 0 aliphatic heterocycles. The number of hydrogen-bond donors (Lipinski definition) is 2. The Morgan fingerprint density at radius 1 is 1.39 bits per heavy atom. The third-order valence-corrected chi connectivity index (χ3v) is 2.62. The Kier molecular flexibility index (Phi) is 6.22. The van der Waals surface area contributed by atoms with Gasteiger partial charge in [0.15, 0.2) is 6.10 Å². The molecular weight excluding hydrogens is 230 g/mol. The number of carbonyl (C=O) groups excluding carboxylic acids is 1. The monoisotopic (exact) mass is 251 g/mol. The Morgan fingerprint density at radius 2 is 2.06 bits per heavy atom. The van der Waals surface area contributed by atoms with Crippen molar-refractivity contribution in [2.45, 2.75) is 26.4 Å². The number of rotatable bonds is 7. The highest BCUT2D eigenvalue weighted by Crippen LogP contribution is 2.12. The van der Waals surface area contributed by atoms with Crippen LogP contribution in [0.4, 0.5) is 0 Å². The summed E-state index contributed by atoms with van der Waals surface area (Å²) in [6.07, 6.45) is 0.118. The molecule has 0 radical (unpaired) electrons. The third kappa shape index (κ3) is 4.75. The Hall–Kier alpha value is -1.55. The zero-order chi connectivity index (χ0) is 13.4. The fourth-order valence-electron chi connectivity index (χ4n) is 1.44. The van der Waals surface area contributed by atoms with Crippen LogP contribution in [-0.2, 0) is 4.79 Å². The summed E-state index contributed by atoms with van der Waals surface area (Å²) >= 11 is 0. The zero-order valence-electron chi connectivity index (χ0n) is 10.9. The van der Waals surface area contributed by atoms with Crippen molar-refractivity contribution in [2.75, 3.05) is 13.2 Å². The van der Waals surface area contributed by atoms with Gasteiger partial charge in [-0.25, -0.2) is 0 Å². The van der Waals surface area contributed by atoms with E-state index in [1.807, 2.05) is 44.2 Å². The first-order valence-electron chi connectivity index (χ1n) is 6.27. The minimum absolute atomic E-state index is 0.0585. The van der Waals surface area contributed by atoms with Crippen LogP contribution in [0.5, 0.6) is 5.75 Å². The van der Waals surface area contributed by atoms with Gasteiger partial charge in [0.1, 0.15) is 5.75 Å². The number of nitrogens with one attached hydrogen (secondary N) is 1. The highest BCUT2D eigenvalue weighted by atomic mass is 16.5. The summed E-state index contributed by atoms with van der Waals surface area (Å²) in [6, 6.07) is 9.29. The van der Waals surface area contributed by atoms with E-state index >= 15 is 0 Å². The molecule has 0 aliphatic carbocycles. The molecule has 2 unspecified atom stereocenters. The molecule has 0 bridgehead atoms. The molecule has 0 fully saturated rings. The van der Waals surface area contributed by atoms with E-state index < -0.39 is 6.10 Å². The predicted octanol–water partition coefficient (Wildman–Crippen LogP) is 1.59. The number of amides is 1. The molecule has 1 aromatic carbocycles. The summed E-state index contributed by atoms with van der Waals surface area (Å²) in [5.74, 6) is 0.611. The number of aliphatic hydroxyl groups excluding tert-OH is 1. The summed E-state index contributed by atoms with van der Waals surface area (Å²) in [4.78, 5) is 11.9. The topological polar surface area (TPSA) is 58.6 Å². The molecule has 2 N–H and O–H groups in total. The van der Waals surface area contributed by atoms with Crippen LogP contribution >= 0.6 is 0 Å². The average Bonchev–Trinajstić information content (AvgIpc) is 2.42. The van der Waals surface area contributed by atoms with E-state index in [0.29, 0.717) is 18.7 Å². The predicted molar refractivity (Wildman–Crippen MR) is 70.4 cm³/mol. The lowest BCUT2D eigenvalue weighted by Gasteiger charge is -2.18. The van der Waals surface area contributed by atoms with Crippen molar-refractivity contribution in [3.05, 3.63) is 30.3 Å². The molecule has 1 aromatic rings. The molecule has 4 nitrogen and oxygen atoms in total. The van der Waals surface area contributed by atoms with Crippen molar-refractivity contribution in [1.29, 1.82) is 0 Å². The van der Waals surface area contributed by atoms with Gasteiger partial charge in [-0.3, -0.25) is 4.79 Å². The molecule has 18 heavy (non-hydrogen) atoms. The molecule has 0 saturated carbocycles. The Balaban J connectivity index is 2.48. The Morgan fingerprint density at radius 3 is 2.61 bits per heavy atom. The van der Waals surface area contributed by atoms with Crippen LogP contribution in [0.3, 0.4) is 0 Å². The van der Waals surface area contributed by atoms with Crippen LogP contribution in [0.2, 0.25) is 0 Å². The van der Waals surface area contributed by atoms with Gasteiger partial charge in [0.2, 0.25) is 0 Å². The second-order valence-electron chi connectivity index (χ2n) is 4.36. The Bertz CT molecular complexity index is 353. The average molecular weight is 251 g/mol. The molecule has 0 aromatic heterocycles. The van der Waals surface area contributed by atoms with Crippen LogP contribution in [0.25, 0.3) is 0 Å². The third-order valence-electron chi connectivity index (χ3n) is 2.62. The minimum atomic E-state index is -0.488. The van der Waals surface area contributed by atoms with Gasteiger partial charge in [-0.15, -0.1) is 0 Å². The first-order valence-corrected chi connectivity index (χ1v) is 6.27. The minimum Gasteiger partial charge on any atom is -0.481 e. The number of benzene rings is 1. The van der Waals surface area contributed by atoms with Gasteiger partial charge in [-0.05, 0) is 24.5 Å². The van der Waals surface area contributed by atoms with Crippen molar-refractivity contribution in [3.63, 3.8) is 0 Å². The molecule has 1 amide bonds. The van der Waals surface area contributed by atoms with E-state index in [1.54, 1.807) is 0 Å². The molecule has 100 valence electrons. The largest absolute Gasteiger partial charge is 0.481 e. The quantitative estimate of drug-likeness (QED) is 0.773. The van der Waals surface area contributed by atoms with Gasteiger partial charge in [0.25, 0.3) is 5.91 Å². The fraction of sp³-hybridized carbons (Fsp3) is 0.500. The molecule has 0 saturated heterocycles. The summed E-state index contributed by atoms with van der Waals surface area (Å²) in [5, 5.41) is 11.7. The van der Waals surface area contributed by atoms with E-state index in [9.17, 15) is 4.79 Å². The first-order chi connectivity index (χ1) is 8.67. The van der Waals surface area contributed by atoms with Crippen molar-refractivity contribution in [3.8, 4) is 5.75 Å². The van der Waals surface area contributed by atoms with Crippen LogP contribution in [-0.4, -0.2) is 30.3 Å². The molecule has 1 rings (SSSR count). The maximum atomic E-state index is 11.9. The summed E-state index contributed by atoms with van der Waals surface area (Å²) in [5.41, 5.74) is 0. The van der Waals surface area contributed by atoms with E-state index in [-0.39, 0.29) is 18.4 Å². The number of para-hydroxylation sites is 1. The normalized spacial score (nSPS) is 13.7. The molecule has 0 spiro atoms. The molecule has 0 aliphatic rings. The van der Waals surface area contributed by atoms with Gasteiger partial charge < -0.3 is 15.2 Å². The fourth-order valence-corrected chi connectivity index (χ4v) is 1.44. The Labute approximate surface area is 108 Å². The summed E-state index contributed by atoms with van der Waals surface area (Å²) in [6.45, 7) is 4.31. The van der Waals surface area contributed by atoms with Gasteiger partial charge >= 0.3 is 0 Å². The highest BCUT2D eigenvalue weighted by Gasteiger charge is 2.18. The van der Waals surface area contributed by atoms with Crippen LogP contribution < -0.4 is 10.1 Å². The second kappa shape index (κ2) is 7.71. The maximum Gasteiger partial charge on any atom is 0.261 e. The lowest BCUT2D eigenvalue weighted by molar-refractivity contribution is -0.128. The zero-order valence-corrected chi connectivity index (χ0v) is 10.9. The van der Waals surface area contributed by atoms with Crippen LogP contribution in [0.15, 0.2) is 30.3 Å². The molecule has 2 atom stereocenters. The SMILES string of the molecule is CCC(Oc1ccccc1)C(=O)NCC(C)CO. The van der Waals surface area contributed by atoms with Gasteiger partial charge in [-0.1, -0.05) is 32.0 Å². The smallest absolute Gasteiger partial charge is 0.261 e. The van der Waals surface area contributed by atoms with Crippen LogP contribution in [0.1, 0.15) is 20.3 Å². The van der Waals surface area contributed by atoms with Crippen molar-refractivity contribution < 1.29 is 14.6 Å². The van der Waals surface area contributed by atoms with Gasteiger partial charge in [-0.2, -0.15) is 0 Å². The van der Waals surface area contributed by atoms with E-state index in [2.05, 4.69) is 5.32 Å².